The molecular formula is C36H36N2O7S2. The summed E-state index contributed by atoms with van der Waals surface area (Å²) in [4.78, 5) is 34.7. The number of hydrogen-bond donors (Lipinski definition) is 6. The number of aliphatic hydroxyl groups excluding tert-OH is 1. The number of thiol groups is 2. The predicted octanol–water partition coefficient (Wildman–Crippen LogP) is 5.72. The number of carboxylic acid groups (broad SMARTS) is 1. The smallest absolute Gasteiger partial charge is 0.407 e. The average molecular weight is 673 g/mol. The highest BCUT2D eigenvalue weighted by atomic mass is 32.1. The first-order chi connectivity index (χ1) is 22.9. The first-order valence-electron chi connectivity index (χ1n) is 15.1. The number of rotatable bonds is 10. The van der Waals surface area contributed by atoms with Crippen molar-refractivity contribution in [1.29, 1.82) is 0 Å². The van der Waals surface area contributed by atoms with Gasteiger partial charge in [-0.2, -0.15) is 25.3 Å². The van der Waals surface area contributed by atoms with Gasteiger partial charge in [-0.25, -0.2) is 14.4 Å². The van der Waals surface area contributed by atoms with E-state index in [0.717, 1.165) is 22.3 Å². The molecule has 11 heteroatoms. The Kier molecular flexibility index (Phi) is 11.5. The number of carbonyl (C=O) groups is 3. The van der Waals surface area contributed by atoms with E-state index < -0.39 is 30.2 Å². The van der Waals surface area contributed by atoms with Crippen molar-refractivity contribution in [3.8, 4) is 22.3 Å². The zero-order chi connectivity index (χ0) is 33.3. The summed E-state index contributed by atoms with van der Waals surface area (Å²) < 4.78 is 10.7. The summed E-state index contributed by atoms with van der Waals surface area (Å²) in [5.74, 6) is -0.794. The first kappa shape index (κ1) is 33.9. The van der Waals surface area contributed by atoms with E-state index in [2.05, 4.69) is 72.3 Å². The van der Waals surface area contributed by atoms with Gasteiger partial charge in [0, 0.05) is 23.3 Å². The molecule has 0 radical (unpaired) electrons. The number of alkyl carbamates (subject to hydrolysis) is 2. The number of carboxylic acids is 1. The van der Waals surface area contributed by atoms with Gasteiger partial charge in [0.2, 0.25) is 0 Å². The van der Waals surface area contributed by atoms with Crippen LogP contribution in [0.1, 0.15) is 34.1 Å². The Balaban J connectivity index is 0.000000185. The molecule has 2 atom stereocenters. The number of aliphatic hydroxyl groups is 1. The normalized spacial score (nSPS) is 13.9. The number of nitrogens with one attached hydrogen (secondary N) is 2. The molecule has 0 heterocycles. The van der Waals surface area contributed by atoms with Crippen LogP contribution in [0.3, 0.4) is 0 Å². The molecular weight excluding hydrogens is 637 g/mol. The van der Waals surface area contributed by atoms with E-state index in [9.17, 15) is 14.4 Å². The zero-order valence-corrected chi connectivity index (χ0v) is 27.2. The van der Waals surface area contributed by atoms with Gasteiger partial charge in [0.15, 0.2) is 0 Å². The van der Waals surface area contributed by atoms with Crippen molar-refractivity contribution in [2.45, 2.75) is 23.9 Å². The van der Waals surface area contributed by atoms with Gasteiger partial charge >= 0.3 is 18.2 Å². The molecule has 4 aromatic rings. The van der Waals surface area contributed by atoms with Crippen LogP contribution in [0.2, 0.25) is 0 Å². The standard InChI is InChI=1S/C18H17NO4S.C18H19NO3S/c20-17(21)16(10-24)19-18(22)23-9-15-13-7-3-1-5-11(13)12-6-2-4-8-14(12)15;20-9-12(11-23)19-18(21)22-10-17-15-7-3-1-5-13(15)14-6-2-4-8-16(14)17/h1-8,15-16,24H,9-10H2,(H,19,22)(H,20,21);1-8,12,17,20,23H,9-11H2,(H,19,21)/t16-;12-/m01/s1. The van der Waals surface area contributed by atoms with E-state index in [1.54, 1.807) is 0 Å². The van der Waals surface area contributed by atoms with Crippen molar-refractivity contribution in [1.82, 2.24) is 10.6 Å². The number of benzene rings is 4. The van der Waals surface area contributed by atoms with Crippen LogP contribution in [-0.2, 0) is 14.3 Å². The van der Waals surface area contributed by atoms with Crippen LogP contribution in [0.4, 0.5) is 9.59 Å². The van der Waals surface area contributed by atoms with Gasteiger partial charge in [-0.05, 0) is 44.5 Å². The second-order valence-corrected chi connectivity index (χ2v) is 11.8. The van der Waals surface area contributed by atoms with E-state index in [1.807, 2.05) is 60.7 Å². The van der Waals surface area contributed by atoms with Crippen LogP contribution in [-0.4, -0.2) is 71.8 Å². The van der Waals surface area contributed by atoms with Crippen LogP contribution in [0.15, 0.2) is 97.1 Å². The fraction of sp³-hybridized carbons (Fsp3) is 0.250. The maximum absolute atomic E-state index is 11.9. The highest BCUT2D eigenvalue weighted by molar-refractivity contribution is 7.80. The van der Waals surface area contributed by atoms with Crippen molar-refractivity contribution in [2.24, 2.45) is 0 Å². The minimum atomic E-state index is -1.14. The number of fused-ring (bicyclic) bond motifs is 6. The Morgan fingerprint density at radius 3 is 1.30 bits per heavy atom. The summed E-state index contributed by atoms with van der Waals surface area (Å²) in [5.41, 5.74) is 9.23. The van der Waals surface area contributed by atoms with Gasteiger partial charge in [-0.3, -0.25) is 0 Å². The molecule has 0 unspecified atom stereocenters. The fourth-order valence-corrected chi connectivity index (χ4v) is 6.38. The molecule has 2 amide bonds. The van der Waals surface area contributed by atoms with Crippen LogP contribution in [0.25, 0.3) is 22.3 Å². The second kappa shape index (κ2) is 15.9. The Labute approximate surface area is 284 Å². The van der Waals surface area contributed by atoms with E-state index in [0.29, 0.717) is 5.75 Å². The highest BCUT2D eigenvalue weighted by Crippen LogP contribution is 2.45. The minimum absolute atomic E-state index is 0.000468. The average Bonchev–Trinajstić information content (AvgIpc) is 3.60. The lowest BCUT2D eigenvalue weighted by molar-refractivity contribution is -0.138. The highest BCUT2D eigenvalue weighted by Gasteiger charge is 2.30. The molecule has 47 heavy (non-hydrogen) atoms. The van der Waals surface area contributed by atoms with E-state index in [-0.39, 0.29) is 37.4 Å². The largest absolute Gasteiger partial charge is 0.480 e. The lowest BCUT2D eigenvalue weighted by Gasteiger charge is -2.17. The van der Waals surface area contributed by atoms with Gasteiger partial charge < -0.3 is 30.3 Å². The molecule has 2 aliphatic rings. The molecule has 0 saturated heterocycles. The summed E-state index contributed by atoms with van der Waals surface area (Å²) in [6.45, 7) is 0.261. The van der Waals surface area contributed by atoms with Gasteiger partial charge in [0.25, 0.3) is 0 Å². The number of carbonyl (C=O) groups excluding carboxylic acids is 2. The molecule has 244 valence electrons. The summed E-state index contributed by atoms with van der Waals surface area (Å²) in [5, 5.41) is 22.9. The third-order valence-electron chi connectivity index (χ3n) is 8.22. The SMILES string of the molecule is O=C(N[C@@H](CS)C(=O)O)OCC1c2ccccc2-c2ccccc21.O=C(N[C@H](CO)CS)OCC1c2ccccc2-c2ccccc21. The molecule has 4 N–H and O–H groups in total. The molecule has 9 nitrogen and oxygen atoms in total. The van der Waals surface area contributed by atoms with Gasteiger partial charge in [0.1, 0.15) is 19.3 Å². The lowest BCUT2D eigenvalue weighted by atomic mass is 9.98. The second-order valence-electron chi connectivity index (χ2n) is 11.1. The molecule has 0 aliphatic heterocycles. The molecule has 0 bridgehead atoms. The third-order valence-corrected chi connectivity index (χ3v) is 9.03. The number of aliphatic carboxylic acids is 1. The van der Waals surface area contributed by atoms with Crippen LogP contribution in [0.5, 0.6) is 0 Å². The van der Waals surface area contributed by atoms with E-state index >= 15 is 0 Å². The van der Waals surface area contributed by atoms with Crippen LogP contribution in [0, 0.1) is 0 Å². The monoisotopic (exact) mass is 672 g/mol. The van der Waals surface area contributed by atoms with E-state index in [4.69, 9.17) is 19.7 Å². The summed E-state index contributed by atoms with van der Waals surface area (Å²) in [6, 6.07) is 30.9. The van der Waals surface area contributed by atoms with Crippen LogP contribution >= 0.6 is 25.3 Å². The molecule has 6 rings (SSSR count). The molecule has 0 spiro atoms. The Bertz CT molecular complexity index is 1640. The van der Waals surface area contributed by atoms with Crippen molar-refractivity contribution in [3.63, 3.8) is 0 Å². The van der Waals surface area contributed by atoms with Crippen LogP contribution < -0.4 is 10.6 Å². The topological polar surface area (TPSA) is 134 Å². The number of hydrogen-bond acceptors (Lipinski definition) is 8. The fourth-order valence-electron chi connectivity index (χ4n) is 5.92. The van der Waals surface area contributed by atoms with Crippen molar-refractivity contribution in [2.75, 3.05) is 31.3 Å². The van der Waals surface area contributed by atoms with E-state index in [1.165, 1.54) is 22.3 Å². The van der Waals surface area contributed by atoms with Crippen molar-refractivity contribution in [3.05, 3.63) is 119 Å². The van der Waals surface area contributed by atoms with Crippen molar-refractivity contribution < 1.29 is 34.1 Å². The Hall–Kier alpha value is -4.45. The Morgan fingerprint density at radius 1 is 0.617 bits per heavy atom. The zero-order valence-electron chi connectivity index (χ0n) is 25.4. The molecule has 0 saturated carbocycles. The predicted molar refractivity (Wildman–Crippen MR) is 186 cm³/mol. The molecule has 0 fully saturated rings. The minimum Gasteiger partial charge on any atom is -0.480 e. The number of ether oxygens (including phenoxy) is 2. The van der Waals surface area contributed by atoms with Gasteiger partial charge in [-0.1, -0.05) is 97.1 Å². The molecule has 0 aromatic heterocycles. The lowest BCUT2D eigenvalue weighted by Crippen LogP contribution is -2.42. The number of amides is 2. The van der Waals surface area contributed by atoms with Gasteiger partial charge in [0.05, 0.1) is 12.6 Å². The third kappa shape index (κ3) is 7.75. The molecule has 4 aromatic carbocycles. The summed E-state index contributed by atoms with van der Waals surface area (Å²) in [6.07, 6.45) is -1.28. The first-order valence-corrected chi connectivity index (χ1v) is 16.4. The Morgan fingerprint density at radius 2 is 0.979 bits per heavy atom. The summed E-state index contributed by atoms with van der Waals surface area (Å²) >= 11 is 7.98. The maximum Gasteiger partial charge on any atom is 0.407 e. The van der Waals surface area contributed by atoms with Gasteiger partial charge in [-0.15, -0.1) is 0 Å². The maximum atomic E-state index is 11.9. The quantitative estimate of drug-likeness (QED) is 0.119. The van der Waals surface area contributed by atoms with Crippen molar-refractivity contribution >= 4 is 43.4 Å². The summed E-state index contributed by atoms with van der Waals surface area (Å²) in [7, 11) is 0. The molecule has 2 aliphatic carbocycles.